The van der Waals surface area contributed by atoms with Crippen LogP contribution in [0.15, 0.2) is 30.3 Å². The summed E-state index contributed by atoms with van der Waals surface area (Å²) in [5.74, 6) is 0. The Labute approximate surface area is 113 Å². The van der Waals surface area contributed by atoms with E-state index in [-0.39, 0.29) is 12.6 Å². The van der Waals surface area contributed by atoms with E-state index in [4.69, 9.17) is 4.74 Å². The van der Waals surface area contributed by atoms with Gasteiger partial charge in [-0.2, -0.15) is 0 Å². The van der Waals surface area contributed by atoms with Gasteiger partial charge in [0, 0.05) is 6.04 Å². The first-order valence-corrected chi connectivity index (χ1v) is 6.75. The average Bonchev–Trinajstić information content (AvgIpc) is 2.36. The summed E-state index contributed by atoms with van der Waals surface area (Å²) in [4.78, 5) is 11.7. The lowest BCUT2D eigenvalue weighted by molar-refractivity contribution is 0.00974. The Kier molecular flexibility index (Phi) is 4.43. The molecule has 0 bridgehead atoms. The number of amides is 1. The van der Waals surface area contributed by atoms with Crippen molar-refractivity contribution in [3.05, 3.63) is 35.9 Å². The normalized spacial score (nSPS) is 26.7. The van der Waals surface area contributed by atoms with Crippen LogP contribution in [-0.2, 0) is 11.3 Å². The number of hydrogen-bond acceptors (Lipinski definition) is 3. The molecule has 2 rings (SSSR count). The lowest BCUT2D eigenvalue weighted by atomic mass is 9.83. The van der Waals surface area contributed by atoms with Crippen molar-refractivity contribution in [2.75, 3.05) is 0 Å². The van der Waals surface area contributed by atoms with Crippen molar-refractivity contribution in [2.45, 2.75) is 50.9 Å². The Morgan fingerprint density at radius 3 is 2.89 bits per heavy atom. The number of nitrogens with one attached hydrogen (secondary N) is 1. The molecule has 2 N–H and O–H groups in total. The standard InChI is InChI=1S/C15H21NO3/c1-15(18)9-5-8-13(10-15)16-14(17)19-11-12-6-3-2-4-7-12/h2-4,6-7,13,18H,5,8-11H2,1H3,(H,16,17). The van der Waals surface area contributed by atoms with E-state index < -0.39 is 11.7 Å². The molecule has 19 heavy (non-hydrogen) atoms. The second-order valence-corrected chi connectivity index (χ2v) is 5.50. The van der Waals surface area contributed by atoms with Crippen molar-refractivity contribution in [1.82, 2.24) is 5.32 Å². The Morgan fingerprint density at radius 1 is 1.47 bits per heavy atom. The zero-order valence-electron chi connectivity index (χ0n) is 11.3. The molecule has 0 saturated heterocycles. The minimum atomic E-state index is -0.671. The van der Waals surface area contributed by atoms with Crippen LogP contribution in [0.2, 0.25) is 0 Å². The molecular formula is C15H21NO3. The molecule has 104 valence electrons. The van der Waals surface area contributed by atoms with Gasteiger partial charge in [-0.25, -0.2) is 4.79 Å². The molecule has 1 fully saturated rings. The molecule has 1 amide bonds. The minimum Gasteiger partial charge on any atom is -0.445 e. The largest absolute Gasteiger partial charge is 0.445 e. The first-order valence-electron chi connectivity index (χ1n) is 6.75. The van der Waals surface area contributed by atoms with Crippen LogP contribution in [0, 0.1) is 0 Å². The molecule has 1 saturated carbocycles. The Morgan fingerprint density at radius 2 is 2.21 bits per heavy atom. The van der Waals surface area contributed by atoms with Gasteiger partial charge >= 0.3 is 6.09 Å². The number of hydrogen-bond donors (Lipinski definition) is 2. The summed E-state index contributed by atoms with van der Waals surface area (Å²) in [5.41, 5.74) is 0.295. The van der Waals surface area contributed by atoms with E-state index in [1.165, 1.54) is 0 Å². The van der Waals surface area contributed by atoms with Gasteiger partial charge in [-0.15, -0.1) is 0 Å². The molecule has 2 atom stereocenters. The lowest BCUT2D eigenvalue weighted by Crippen LogP contribution is -2.44. The Bertz CT molecular complexity index is 417. The zero-order chi connectivity index (χ0) is 13.7. The third-order valence-electron chi connectivity index (χ3n) is 3.49. The maximum atomic E-state index is 11.7. The molecular weight excluding hydrogens is 242 g/mol. The highest BCUT2D eigenvalue weighted by Gasteiger charge is 2.30. The van der Waals surface area contributed by atoms with Crippen LogP contribution in [-0.4, -0.2) is 22.8 Å². The van der Waals surface area contributed by atoms with Gasteiger partial charge in [-0.3, -0.25) is 0 Å². The summed E-state index contributed by atoms with van der Waals surface area (Å²) in [7, 11) is 0. The quantitative estimate of drug-likeness (QED) is 0.881. The van der Waals surface area contributed by atoms with Gasteiger partial charge in [-0.1, -0.05) is 30.3 Å². The second kappa shape index (κ2) is 6.06. The molecule has 1 aliphatic carbocycles. The molecule has 1 aliphatic rings. The molecule has 0 aliphatic heterocycles. The number of alkyl carbamates (subject to hydrolysis) is 1. The van der Waals surface area contributed by atoms with Gasteiger partial charge in [0.2, 0.25) is 0 Å². The molecule has 0 aromatic heterocycles. The summed E-state index contributed by atoms with van der Waals surface area (Å²) >= 11 is 0. The predicted molar refractivity (Wildman–Crippen MR) is 72.6 cm³/mol. The topological polar surface area (TPSA) is 58.6 Å². The highest BCUT2D eigenvalue weighted by atomic mass is 16.5. The SMILES string of the molecule is CC1(O)CCCC(NC(=O)OCc2ccccc2)C1. The maximum Gasteiger partial charge on any atom is 0.407 e. The van der Waals surface area contributed by atoms with Gasteiger partial charge < -0.3 is 15.2 Å². The van der Waals surface area contributed by atoms with Crippen LogP contribution in [0.5, 0.6) is 0 Å². The zero-order valence-corrected chi connectivity index (χ0v) is 11.3. The maximum absolute atomic E-state index is 11.7. The molecule has 0 radical (unpaired) electrons. The highest BCUT2D eigenvalue weighted by Crippen LogP contribution is 2.27. The molecule has 0 heterocycles. The number of aliphatic hydroxyl groups is 1. The summed E-state index contributed by atoms with van der Waals surface area (Å²) in [6, 6.07) is 9.58. The van der Waals surface area contributed by atoms with Gasteiger partial charge in [0.25, 0.3) is 0 Å². The Balaban J connectivity index is 1.75. The van der Waals surface area contributed by atoms with Gasteiger partial charge in [0.05, 0.1) is 5.60 Å². The number of carbonyl (C=O) groups excluding carboxylic acids is 1. The fraction of sp³-hybridized carbons (Fsp3) is 0.533. The van der Waals surface area contributed by atoms with E-state index in [1.54, 1.807) is 0 Å². The third kappa shape index (κ3) is 4.56. The van der Waals surface area contributed by atoms with Crippen LogP contribution >= 0.6 is 0 Å². The van der Waals surface area contributed by atoms with Crippen molar-refractivity contribution in [2.24, 2.45) is 0 Å². The first kappa shape index (κ1) is 13.9. The Hall–Kier alpha value is -1.55. The lowest BCUT2D eigenvalue weighted by Gasteiger charge is -2.33. The van der Waals surface area contributed by atoms with Crippen LogP contribution in [0.3, 0.4) is 0 Å². The van der Waals surface area contributed by atoms with Gasteiger partial charge in [-0.05, 0) is 38.2 Å². The van der Waals surface area contributed by atoms with Crippen LogP contribution in [0.4, 0.5) is 4.79 Å². The van der Waals surface area contributed by atoms with Gasteiger partial charge in [0.15, 0.2) is 0 Å². The summed E-state index contributed by atoms with van der Waals surface area (Å²) in [6.07, 6.45) is 2.80. The summed E-state index contributed by atoms with van der Waals surface area (Å²) in [5, 5.41) is 12.8. The predicted octanol–water partition coefficient (Wildman–Crippen LogP) is 2.61. The molecule has 1 aromatic rings. The van der Waals surface area contributed by atoms with E-state index >= 15 is 0 Å². The van der Waals surface area contributed by atoms with E-state index in [2.05, 4.69) is 5.32 Å². The highest BCUT2D eigenvalue weighted by molar-refractivity contribution is 5.67. The van der Waals surface area contributed by atoms with Gasteiger partial charge in [0.1, 0.15) is 6.61 Å². The third-order valence-corrected chi connectivity index (χ3v) is 3.49. The van der Waals surface area contributed by atoms with Crippen LogP contribution in [0.1, 0.15) is 38.2 Å². The molecule has 0 spiro atoms. The van der Waals surface area contributed by atoms with Crippen molar-refractivity contribution < 1.29 is 14.6 Å². The molecule has 1 aromatic carbocycles. The summed E-state index contributed by atoms with van der Waals surface area (Å²) in [6.45, 7) is 2.09. The summed E-state index contributed by atoms with van der Waals surface area (Å²) < 4.78 is 5.17. The minimum absolute atomic E-state index is 0.00650. The molecule has 2 unspecified atom stereocenters. The first-order chi connectivity index (χ1) is 9.05. The van der Waals surface area contributed by atoms with Crippen molar-refractivity contribution in [3.63, 3.8) is 0 Å². The number of carbonyl (C=O) groups is 1. The van der Waals surface area contributed by atoms with Crippen molar-refractivity contribution in [1.29, 1.82) is 0 Å². The van der Waals surface area contributed by atoms with Crippen molar-refractivity contribution in [3.8, 4) is 0 Å². The fourth-order valence-electron chi connectivity index (χ4n) is 2.52. The average molecular weight is 263 g/mol. The molecule has 4 nitrogen and oxygen atoms in total. The number of benzene rings is 1. The number of ether oxygens (including phenoxy) is 1. The number of rotatable bonds is 3. The van der Waals surface area contributed by atoms with Crippen LogP contribution < -0.4 is 5.32 Å². The van der Waals surface area contributed by atoms with E-state index in [0.29, 0.717) is 6.42 Å². The van der Waals surface area contributed by atoms with E-state index in [9.17, 15) is 9.90 Å². The van der Waals surface area contributed by atoms with E-state index in [0.717, 1.165) is 24.8 Å². The van der Waals surface area contributed by atoms with E-state index in [1.807, 2.05) is 37.3 Å². The monoisotopic (exact) mass is 263 g/mol. The van der Waals surface area contributed by atoms with Crippen molar-refractivity contribution >= 4 is 6.09 Å². The fourth-order valence-corrected chi connectivity index (χ4v) is 2.52. The van der Waals surface area contributed by atoms with Crippen LogP contribution in [0.25, 0.3) is 0 Å². The second-order valence-electron chi connectivity index (χ2n) is 5.50. The smallest absolute Gasteiger partial charge is 0.407 e. The molecule has 4 heteroatoms.